The Kier molecular flexibility index (Phi) is 3.22. The van der Waals surface area contributed by atoms with E-state index in [1.54, 1.807) is 42.2 Å². The Hall–Kier alpha value is -3.62. The van der Waals surface area contributed by atoms with Crippen LogP contribution >= 0.6 is 0 Å². The SMILES string of the molecule is Cn1cc(-c2ccc3c(c2)c2c(=O)[nH]ccc2c2[nH]c(C(F)(F)F)nc32)cn1. The number of aromatic amines is 2. The minimum atomic E-state index is -4.62. The van der Waals surface area contributed by atoms with E-state index in [-0.39, 0.29) is 16.6 Å². The van der Waals surface area contributed by atoms with Crippen LogP contribution < -0.4 is 5.56 Å². The van der Waals surface area contributed by atoms with Gasteiger partial charge in [0.2, 0.25) is 5.82 Å². The third-order valence-electron chi connectivity index (χ3n) is 4.78. The lowest BCUT2D eigenvalue weighted by Gasteiger charge is -2.07. The number of nitrogens with one attached hydrogen (secondary N) is 2. The summed E-state index contributed by atoms with van der Waals surface area (Å²) in [7, 11) is 1.79. The number of benzene rings is 2. The summed E-state index contributed by atoms with van der Waals surface area (Å²) in [6.07, 6.45) is 0.300. The van der Waals surface area contributed by atoms with Gasteiger partial charge in [-0.15, -0.1) is 0 Å². The molecule has 140 valence electrons. The molecule has 0 amide bonds. The molecule has 0 aliphatic rings. The molecule has 0 spiro atoms. The van der Waals surface area contributed by atoms with E-state index in [1.807, 2.05) is 6.20 Å². The van der Waals surface area contributed by atoms with Crippen molar-refractivity contribution in [3.8, 4) is 11.1 Å². The average molecular weight is 383 g/mol. The first-order valence-corrected chi connectivity index (χ1v) is 8.36. The highest BCUT2D eigenvalue weighted by molar-refractivity contribution is 6.23. The summed E-state index contributed by atoms with van der Waals surface area (Å²) in [6.45, 7) is 0. The van der Waals surface area contributed by atoms with Gasteiger partial charge in [-0.2, -0.15) is 18.3 Å². The van der Waals surface area contributed by atoms with Crippen LogP contribution in [0.4, 0.5) is 13.2 Å². The fraction of sp³-hybridized carbons (Fsp3) is 0.105. The monoisotopic (exact) mass is 383 g/mol. The van der Waals surface area contributed by atoms with Crippen molar-refractivity contribution in [3.63, 3.8) is 0 Å². The molecule has 2 N–H and O–H groups in total. The number of aromatic nitrogens is 5. The van der Waals surface area contributed by atoms with Crippen molar-refractivity contribution in [1.29, 1.82) is 0 Å². The highest BCUT2D eigenvalue weighted by atomic mass is 19.4. The number of H-pyrrole nitrogens is 2. The topological polar surface area (TPSA) is 79.4 Å². The predicted molar refractivity (Wildman–Crippen MR) is 98.9 cm³/mol. The maximum atomic E-state index is 13.2. The van der Waals surface area contributed by atoms with E-state index in [1.165, 1.54) is 6.20 Å². The molecular weight excluding hydrogens is 371 g/mol. The summed E-state index contributed by atoms with van der Waals surface area (Å²) < 4.78 is 41.3. The van der Waals surface area contributed by atoms with Crippen molar-refractivity contribution in [2.24, 2.45) is 7.05 Å². The minimum absolute atomic E-state index is 0.179. The maximum absolute atomic E-state index is 13.2. The molecule has 2 aromatic carbocycles. The first kappa shape index (κ1) is 16.5. The molecule has 0 fully saturated rings. The minimum Gasteiger partial charge on any atom is -0.334 e. The normalized spacial score (nSPS) is 12.4. The average Bonchev–Trinajstić information content (AvgIpc) is 3.28. The van der Waals surface area contributed by atoms with E-state index in [9.17, 15) is 18.0 Å². The molecule has 0 saturated carbocycles. The fourth-order valence-electron chi connectivity index (χ4n) is 3.56. The van der Waals surface area contributed by atoms with Crippen molar-refractivity contribution >= 4 is 32.6 Å². The van der Waals surface area contributed by atoms with Gasteiger partial charge in [-0.25, -0.2) is 4.98 Å². The van der Waals surface area contributed by atoms with E-state index in [0.717, 1.165) is 11.1 Å². The molecule has 0 bridgehead atoms. The Morgan fingerprint density at radius 3 is 2.61 bits per heavy atom. The van der Waals surface area contributed by atoms with Gasteiger partial charge >= 0.3 is 6.18 Å². The highest BCUT2D eigenvalue weighted by Gasteiger charge is 2.35. The van der Waals surface area contributed by atoms with Gasteiger partial charge in [0, 0.05) is 35.8 Å². The van der Waals surface area contributed by atoms with Crippen LogP contribution in [0.2, 0.25) is 0 Å². The van der Waals surface area contributed by atoms with Crippen molar-refractivity contribution < 1.29 is 13.2 Å². The van der Waals surface area contributed by atoms with Crippen LogP contribution in [0.25, 0.3) is 43.7 Å². The summed E-state index contributed by atoms with van der Waals surface area (Å²) >= 11 is 0. The number of imidazole rings is 1. The molecule has 9 heteroatoms. The smallest absolute Gasteiger partial charge is 0.334 e. The van der Waals surface area contributed by atoms with E-state index in [4.69, 9.17) is 0 Å². The highest BCUT2D eigenvalue weighted by Crippen LogP contribution is 2.37. The third kappa shape index (κ3) is 2.32. The second-order valence-electron chi connectivity index (χ2n) is 6.57. The summed E-state index contributed by atoms with van der Waals surface area (Å²) in [6, 6.07) is 6.83. The van der Waals surface area contributed by atoms with Crippen molar-refractivity contribution in [3.05, 3.63) is 59.0 Å². The molecule has 5 aromatic rings. The summed E-state index contributed by atoms with van der Waals surface area (Å²) in [5, 5.41) is 5.84. The summed E-state index contributed by atoms with van der Waals surface area (Å²) in [5.41, 5.74) is 1.63. The van der Waals surface area contributed by atoms with Crippen LogP contribution in [0.5, 0.6) is 0 Å². The fourth-order valence-corrected chi connectivity index (χ4v) is 3.56. The van der Waals surface area contributed by atoms with Crippen molar-refractivity contribution in [2.45, 2.75) is 6.18 Å². The molecule has 0 aliphatic carbocycles. The number of pyridine rings is 1. The van der Waals surface area contributed by atoms with Crippen LogP contribution in [0.3, 0.4) is 0 Å². The largest absolute Gasteiger partial charge is 0.449 e. The lowest BCUT2D eigenvalue weighted by Crippen LogP contribution is -2.07. The summed E-state index contributed by atoms with van der Waals surface area (Å²) in [5.74, 6) is -1.09. The second-order valence-corrected chi connectivity index (χ2v) is 6.57. The molecule has 0 radical (unpaired) electrons. The first-order chi connectivity index (χ1) is 13.3. The standard InChI is InChI=1S/C19H12F3N5O/c1-27-8-10(7-24-27)9-2-3-11-13(6-9)14-12(4-5-23-17(14)28)16-15(11)25-18(26-16)19(20,21)22/h2-8H,1H3,(H,23,28)(H,25,26). The van der Waals surface area contributed by atoms with Gasteiger partial charge < -0.3 is 9.97 Å². The predicted octanol–water partition coefficient (Wildman–Crippen LogP) is 3.98. The number of fused-ring (bicyclic) bond motifs is 6. The van der Waals surface area contributed by atoms with Crippen LogP contribution in [-0.2, 0) is 13.2 Å². The molecule has 0 atom stereocenters. The molecule has 6 nitrogen and oxygen atoms in total. The van der Waals surface area contributed by atoms with E-state index in [2.05, 4.69) is 20.1 Å². The number of halogens is 3. The first-order valence-electron chi connectivity index (χ1n) is 8.36. The van der Waals surface area contributed by atoms with Crippen molar-refractivity contribution in [2.75, 3.05) is 0 Å². The molecule has 28 heavy (non-hydrogen) atoms. The van der Waals surface area contributed by atoms with Gasteiger partial charge in [-0.1, -0.05) is 12.1 Å². The van der Waals surface area contributed by atoms with Gasteiger partial charge in [0.15, 0.2) is 0 Å². The Balaban J connectivity index is 1.96. The molecule has 3 aromatic heterocycles. The molecule has 0 unspecified atom stereocenters. The van der Waals surface area contributed by atoms with E-state index >= 15 is 0 Å². The Labute approximate surface area is 154 Å². The van der Waals surface area contributed by atoms with Crippen molar-refractivity contribution in [1.82, 2.24) is 24.7 Å². The molecule has 0 saturated heterocycles. The summed E-state index contributed by atoms with van der Waals surface area (Å²) in [4.78, 5) is 21.3. The zero-order valence-corrected chi connectivity index (χ0v) is 14.4. The van der Waals surface area contributed by atoms with Gasteiger partial charge in [0.25, 0.3) is 5.56 Å². The van der Waals surface area contributed by atoms with Gasteiger partial charge in [0.05, 0.1) is 22.6 Å². The molecule has 5 rings (SSSR count). The maximum Gasteiger partial charge on any atom is 0.449 e. The zero-order valence-electron chi connectivity index (χ0n) is 14.4. The number of rotatable bonds is 1. The van der Waals surface area contributed by atoms with Crippen LogP contribution in [0.15, 0.2) is 47.7 Å². The quantitative estimate of drug-likeness (QED) is 0.430. The number of nitrogens with zero attached hydrogens (tertiary/aromatic N) is 3. The molecule has 3 heterocycles. The zero-order chi connectivity index (χ0) is 19.6. The van der Waals surface area contributed by atoms with Gasteiger partial charge in [-0.05, 0) is 23.1 Å². The van der Waals surface area contributed by atoms with Crippen LogP contribution in [0.1, 0.15) is 5.82 Å². The van der Waals surface area contributed by atoms with E-state index in [0.29, 0.717) is 21.5 Å². The Bertz CT molecular complexity index is 1440. The van der Waals surface area contributed by atoms with E-state index < -0.39 is 12.0 Å². The Morgan fingerprint density at radius 2 is 1.89 bits per heavy atom. The lowest BCUT2D eigenvalue weighted by molar-refractivity contribution is -0.144. The second kappa shape index (κ2) is 5.44. The number of aryl methyl sites for hydroxylation is 1. The van der Waals surface area contributed by atoms with Gasteiger partial charge in [0.1, 0.15) is 0 Å². The third-order valence-corrected chi connectivity index (χ3v) is 4.78. The van der Waals surface area contributed by atoms with Crippen LogP contribution in [-0.4, -0.2) is 24.7 Å². The number of hydrogen-bond acceptors (Lipinski definition) is 3. The Morgan fingerprint density at radius 1 is 1.07 bits per heavy atom. The molecule has 0 aliphatic heterocycles. The number of hydrogen-bond donors (Lipinski definition) is 2. The van der Waals surface area contributed by atoms with Crippen LogP contribution in [0, 0.1) is 0 Å². The number of alkyl halides is 3. The molecular formula is C19H12F3N5O. The van der Waals surface area contributed by atoms with Gasteiger partial charge in [-0.3, -0.25) is 9.48 Å². The lowest BCUT2D eigenvalue weighted by atomic mass is 9.98.